The van der Waals surface area contributed by atoms with Gasteiger partial charge in [0.15, 0.2) is 11.5 Å². The summed E-state index contributed by atoms with van der Waals surface area (Å²) in [5.74, 6) is -1.07. The molecule has 2 rings (SSSR count). The molecule has 0 aliphatic carbocycles. The number of carbonyl (C=O) groups is 1. The fourth-order valence-electron chi connectivity index (χ4n) is 1.02. The highest BCUT2D eigenvalue weighted by atomic mass is 32.1. The van der Waals surface area contributed by atoms with Gasteiger partial charge < -0.3 is 10.1 Å². The standard InChI is InChI=1S/C8H5N3O3S/c12-6-1-4(8(13)14)10-7(11-6)5-2-15-3-9-5/h1-3H,(H,13,14)(H,10,11,12). The Bertz CT molecular complexity index is 547. The van der Waals surface area contributed by atoms with Crippen molar-refractivity contribution in [3.8, 4) is 11.5 Å². The number of rotatable bonds is 2. The van der Waals surface area contributed by atoms with E-state index in [2.05, 4.69) is 15.0 Å². The van der Waals surface area contributed by atoms with Crippen molar-refractivity contribution in [2.75, 3.05) is 0 Å². The average Bonchev–Trinajstić information content (AvgIpc) is 2.69. The molecule has 0 fully saturated rings. The second kappa shape index (κ2) is 3.62. The summed E-state index contributed by atoms with van der Waals surface area (Å²) >= 11 is 1.33. The predicted molar refractivity (Wildman–Crippen MR) is 52.9 cm³/mol. The van der Waals surface area contributed by atoms with Gasteiger partial charge in [-0.1, -0.05) is 0 Å². The molecule has 0 aliphatic rings. The Morgan fingerprint density at radius 3 is 2.93 bits per heavy atom. The van der Waals surface area contributed by atoms with E-state index in [4.69, 9.17) is 5.11 Å². The SMILES string of the molecule is O=C(O)c1cc(=O)[nH]c(-c2cscn2)n1. The molecule has 0 saturated carbocycles. The highest BCUT2D eigenvalue weighted by molar-refractivity contribution is 7.07. The molecule has 0 saturated heterocycles. The van der Waals surface area contributed by atoms with Crippen molar-refractivity contribution in [1.82, 2.24) is 15.0 Å². The number of aromatic amines is 1. The van der Waals surface area contributed by atoms with Crippen molar-refractivity contribution in [2.45, 2.75) is 0 Å². The molecule has 7 heteroatoms. The molecule has 0 amide bonds. The fourth-order valence-corrected chi connectivity index (χ4v) is 1.55. The van der Waals surface area contributed by atoms with Crippen molar-refractivity contribution in [2.24, 2.45) is 0 Å². The number of hydrogen-bond donors (Lipinski definition) is 2. The van der Waals surface area contributed by atoms with E-state index in [-0.39, 0.29) is 11.5 Å². The summed E-state index contributed by atoms with van der Waals surface area (Å²) in [5.41, 5.74) is 1.23. The number of nitrogens with one attached hydrogen (secondary N) is 1. The molecule has 2 aromatic rings. The summed E-state index contributed by atoms with van der Waals surface area (Å²) < 4.78 is 0. The molecule has 2 aromatic heterocycles. The first-order chi connectivity index (χ1) is 7.16. The van der Waals surface area contributed by atoms with E-state index in [0.29, 0.717) is 5.69 Å². The van der Waals surface area contributed by atoms with Gasteiger partial charge in [-0.3, -0.25) is 4.79 Å². The quantitative estimate of drug-likeness (QED) is 0.776. The Balaban J connectivity index is 2.59. The molecule has 0 atom stereocenters. The summed E-state index contributed by atoms with van der Waals surface area (Å²) in [6.45, 7) is 0. The Hall–Kier alpha value is -2.02. The van der Waals surface area contributed by atoms with Gasteiger partial charge >= 0.3 is 5.97 Å². The third kappa shape index (κ3) is 1.91. The molecule has 76 valence electrons. The topological polar surface area (TPSA) is 95.9 Å². The van der Waals surface area contributed by atoms with Gasteiger partial charge in [-0.05, 0) is 0 Å². The largest absolute Gasteiger partial charge is 0.477 e. The maximum atomic E-state index is 11.1. The molecule has 2 N–H and O–H groups in total. The first-order valence-corrected chi connectivity index (χ1v) is 4.84. The number of carboxylic acids is 1. The van der Waals surface area contributed by atoms with Crippen LogP contribution in [0, 0.1) is 0 Å². The molecule has 0 aromatic carbocycles. The summed E-state index contributed by atoms with van der Waals surface area (Å²) in [5, 5.41) is 10.4. The number of H-pyrrole nitrogens is 1. The molecule has 0 radical (unpaired) electrons. The first kappa shape index (κ1) is 9.53. The fraction of sp³-hybridized carbons (Fsp3) is 0. The van der Waals surface area contributed by atoms with E-state index >= 15 is 0 Å². The van der Waals surface area contributed by atoms with Crippen molar-refractivity contribution in [3.63, 3.8) is 0 Å². The maximum Gasteiger partial charge on any atom is 0.354 e. The number of hydrogen-bond acceptors (Lipinski definition) is 5. The maximum absolute atomic E-state index is 11.1. The van der Waals surface area contributed by atoms with Crippen LogP contribution in [0.5, 0.6) is 0 Å². The van der Waals surface area contributed by atoms with Crippen molar-refractivity contribution in [1.29, 1.82) is 0 Å². The van der Waals surface area contributed by atoms with E-state index in [1.165, 1.54) is 11.3 Å². The van der Waals surface area contributed by atoms with Gasteiger partial charge in [-0.15, -0.1) is 11.3 Å². The van der Waals surface area contributed by atoms with Gasteiger partial charge in [0.05, 0.1) is 5.51 Å². The van der Waals surface area contributed by atoms with Gasteiger partial charge in [0.1, 0.15) is 5.69 Å². The van der Waals surface area contributed by atoms with Crippen LogP contribution in [0.1, 0.15) is 10.5 Å². The number of nitrogens with zero attached hydrogens (tertiary/aromatic N) is 2. The molecule has 2 heterocycles. The van der Waals surface area contributed by atoms with E-state index in [9.17, 15) is 9.59 Å². The molecular formula is C8H5N3O3S. The lowest BCUT2D eigenvalue weighted by molar-refractivity contribution is 0.0690. The van der Waals surface area contributed by atoms with Gasteiger partial charge in [-0.2, -0.15) is 0 Å². The Morgan fingerprint density at radius 2 is 2.33 bits per heavy atom. The average molecular weight is 223 g/mol. The zero-order valence-electron chi connectivity index (χ0n) is 7.30. The van der Waals surface area contributed by atoms with Crippen molar-refractivity contribution >= 4 is 17.3 Å². The van der Waals surface area contributed by atoms with Gasteiger partial charge in [0.25, 0.3) is 5.56 Å². The monoisotopic (exact) mass is 223 g/mol. The molecule has 0 unspecified atom stereocenters. The van der Waals surface area contributed by atoms with Crippen LogP contribution < -0.4 is 5.56 Å². The lowest BCUT2D eigenvalue weighted by Crippen LogP contribution is -2.13. The van der Waals surface area contributed by atoms with Crippen molar-refractivity contribution < 1.29 is 9.90 Å². The number of aromatic nitrogens is 3. The predicted octanol–water partition coefficient (Wildman–Crippen LogP) is 0.592. The molecule has 0 spiro atoms. The number of thiazole rings is 1. The zero-order valence-corrected chi connectivity index (χ0v) is 8.11. The van der Waals surface area contributed by atoms with E-state index in [1.54, 1.807) is 10.9 Å². The lowest BCUT2D eigenvalue weighted by Gasteiger charge is -1.97. The lowest BCUT2D eigenvalue weighted by atomic mass is 10.3. The third-order valence-corrected chi connectivity index (χ3v) is 2.22. The summed E-state index contributed by atoms with van der Waals surface area (Å²) in [4.78, 5) is 31.9. The van der Waals surface area contributed by atoms with Crippen LogP contribution in [0.25, 0.3) is 11.5 Å². The summed E-state index contributed by atoms with van der Waals surface area (Å²) in [6, 6.07) is 0.929. The Labute approximate surface area is 87.3 Å². The number of aromatic carboxylic acids is 1. The first-order valence-electron chi connectivity index (χ1n) is 3.90. The van der Waals surface area contributed by atoms with Crippen molar-refractivity contribution in [3.05, 3.63) is 33.0 Å². The Morgan fingerprint density at radius 1 is 1.53 bits per heavy atom. The van der Waals surface area contributed by atoms with Gasteiger partial charge in [0, 0.05) is 11.4 Å². The van der Waals surface area contributed by atoms with E-state index < -0.39 is 11.5 Å². The van der Waals surface area contributed by atoms with Gasteiger partial charge in [0.2, 0.25) is 0 Å². The van der Waals surface area contributed by atoms with Crippen LogP contribution in [0.3, 0.4) is 0 Å². The molecule has 6 nitrogen and oxygen atoms in total. The molecule has 0 aliphatic heterocycles. The minimum Gasteiger partial charge on any atom is -0.477 e. The highest BCUT2D eigenvalue weighted by Gasteiger charge is 2.10. The van der Waals surface area contributed by atoms with E-state index in [1.807, 2.05) is 0 Å². The molecular weight excluding hydrogens is 218 g/mol. The smallest absolute Gasteiger partial charge is 0.354 e. The third-order valence-electron chi connectivity index (χ3n) is 1.64. The molecule has 0 bridgehead atoms. The second-order valence-corrected chi connectivity index (χ2v) is 3.38. The summed E-state index contributed by atoms with van der Waals surface area (Å²) in [6.07, 6.45) is 0. The number of carboxylic acid groups (broad SMARTS) is 1. The normalized spacial score (nSPS) is 10.1. The molecule has 15 heavy (non-hydrogen) atoms. The van der Waals surface area contributed by atoms with Crippen LogP contribution in [0.2, 0.25) is 0 Å². The van der Waals surface area contributed by atoms with Crippen LogP contribution >= 0.6 is 11.3 Å². The van der Waals surface area contributed by atoms with Crippen LogP contribution in [0.15, 0.2) is 21.8 Å². The minimum atomic E-state index is -1.24. The van der Waals surface area contributed by atoms with Crippen LogP contribution in [-0.2, 0) is 0 Å². The Kier molecular flexibility index (Phi) is 2.30. The van der Waals surface area contributed by atoms with Crippen LogP contribution in [-0.4, -0.2) is 26.0 Å². The zero-order chi connectivity index (χ0) is 10.8. The minimum absolute atomic E-state index is 0.168. The van der Waals surface area contributed by atoms with E-state index in [0.717, 1.165) is 6.07 Å². The second-order valence-electron chi connectivity index (χ2n) is 2.66. The van der Waals surface area contributed by atoms with Crippen LogP contribution in [0.4, 0.5) is 0 Å². The van der Waals surface area contributed by atoms with Gasteiger partial charge in [-0.25, -0.2) is 14.8 Å². The summed E-state index contributed by atoms with van der Waals surface area (Å²) in [7, 11) is 0. The highest BCUT2D eigenvalue weighted by Crippen LogP contribution is 2.12.